The minimum Gasteiger partial charge on any atom is -0.454 e. The van der Waals surface area contributed by atoms with Crippen LogP contribution in [0, 0.1) is 0 Å². The predicted octanol–water partition coefficient (Wildman–Crippen LogP) is 16.3. The first-order chi connectivity index (χ1) is 27.7. The van der Waals surface area contributed by atoms with Gasteiger partial charge in [-0.1, -0.05) is 127 Å². The average Bonchev–Trinajstić information content (AvgIpc) is 3.96. The maximum atomic E-state index is 6.63. The maximum absolute atomic E-state index is 6.63. The van der Waals surface area contributed by atoms with Gasteiger partial charge in [0.05, 0.1) is 5.69 Å². The van der Waals surface area contributed by atoms with Gasteiger partial charge in [-0.3, -0.25) is 0 Å². The van der Waals surface area contributed by atoms with Crippen molar-refractivity contribution in [2.24, 2.45) is 0 Å². The van der Waals surface area contributed by atoms with Crippen LogP contribution in [0.25, 0.3) is 95.3 Å². The predicted molar refractivity (Wildman–Crippen MR) is 243 cm³/mol. The van der Waals surface area contributed by atoms with Gasteiger partial charge in [0, 0.05) is 62.5 Å². The van der Waals surface area contributed by atoms with Crippen LogP contribution in [-0.2, 0) is 0 Å². The number of fused-ring (bicyclic) bond motifs is 11. The molecule has 0 aliphatic rings. The SMILES string of the molecule is c1ccc2cc(-c3ccc(N(c4ccc(-c5cccc6sc7ccc8c9ccccc9sc8c7c56)cc4)c4cccc5c4oc4ccccc45)cc3)ccc2c1. The second-order valence-corrected chi connectivity index (χ2v) is 16.6. The van der Waals surface area contributed by atoms with Gasteiger partial charge in [0.25, 0.3) is 0 Å². The van der Waals surface area contributed by atoms with Gasteiger partial charge in [-0.25, -0.2) is 0 Å². The Kier molecular flexibility index (Phi) is 7.00. The van der Waals surface area contributed by atoms with Crippen LogP contribution in [-0.4, -0.2) is 0 Å². The van der Waals surface area contributed by atoms with E-state index in [1.54, 1.807) is 0 Å². The van der Waals surface area contributed by atoms with E-state index >= 15 is 0 Å². The van der Waals surface area contributed by atoms with E-state index in [9.17, 15) is 0 Å². The lowest BCUT2D eigenvalue weighted by Crippen LogP contribution is -2.10. The van der Waals surface area contributed by atoms with Crippen molar-refractivity contribution < 1.29 is 4.42 Å². The minimum atomic E-state index is 0.873. The molecule has 0 amide bonds. The summed E-state index contributed by atoms with van der Waals surface area (Å²) in [5.41, 5.74) is 9.74. The molecule has 0 N–H and O–H groups in total. The fourth-order valence-corrected chi connectivity index (χ4v) is 11.1. The van der Waals surface area contributed by atoms with Gasteiger partial charge < -0.3 is 9.32 Å². The van der Waals surface area contributed by atoms with Gasteiger partial charge >= 0.3 is 0 Å². The average molecular weight is 750 g/mol. The van der Waals surface area contributed by atoms with Crippen molar-refractivity contribution in [3.05, 3.63) is 188 Å². The van der Waals surface area contributed by atoms with Crippen molar-refractivity contribution in [1.82, 2.24) is 0 Å². The molecule has 0 saturated carbocycles. The summed E-state index contributed by atoms with van der Waals surface area (Å²) in [7, 11) is 0. The highest BCUT2D eigenvalue weighted by molar-refractivity contribution is 7.29. The second-order valence-electron chi connectivity index (χ2n) is 14.4. The Morgan fingerprint density at radius 3 is 1.91 bits per heavy atom. The number of benzene rings is 9. The number of rotatable bonds is 5. The molecular weight excluding hydrogens is 719 g/mol. The molecule has 0 radical (unpaired) electrons. The number of nitrogens with zero attached hydrogens (tertiary/aromatic N) is 1. The molecule has 0 spiro atoms. The van der Waals surface area contributed by atoms with E-state index in [4.69, 9.17) is 4.42 Å². The minimum absolute atomic E-state index is 0.873. The summed E-state index contributed by atoms with van der Waals surface area (Å²) < 4.78 is 12.0. The first-order valence-corrected chi connectivity index (χ1v) is 20.5. The fourth-order valence-electron chi connectivity index (χ4n) is 8.62. The molecule has 3 aromatic heterocycles. The van der Waals surface area contributed by atoms with Crippen LogP contribution in [0.3, 0.4) is 0 Å². The molecule has 0 unspecified atom stereocenters. The zero-order chi connectivity index (χ0) is 36.7. The molecule has 4 heteroatoms. The van der Waals surface area contributed by atoms with Gasteiger partial charge in [0.15, 0.2) is 5.58 Å². The first-order valence-electron chi connectivity index (χ1n) is 18.9. The summed E-state index contributed by atoms with van der Waals surface area (Å²) in [5, 5.41) is 10.1. The molecule has 3 heterocycles. The van der Waals surface area contributed by atoms with E-state index in [1.165, 1.54) is 73.4 Å². The van der Waals surface area contributed by atoms with Gasteiger partial charge in [0.1, 0.15) is 5.58 Å². The van der Waals surface area contributed by atoms with Crippen molar-refractivity contribution in [1.29, 1.82) is 0 Å². The lowest BCUT2D eigenvalue weighted by molar-refractivity contribution is 0.669. The van der Waals surface area contributed by atoms with Crippen molar-refractivity contribution in [3.63, 3.8) is 0 Å². The number of thiophene rings is 2. The molecular formula is C52H31NOS2. The Balaban J connectivity index is 1.01. The van der Waals surface area contributed by atoms with Crippen LogP contribution in [0.2, 0.25) is 0 Å². The number of para-hydroxylation sites is 2. The maximum Gasteiger partial charge on any atom is 0.159 e. The fraction of sp³-hybridized carbons (Fsp3) is 0. The van der Waals surface area contributed by atoms with Crippen LogP contribution in [0.15, 0.2) is 192 Å². The largest absolute Gasteiger partial charge is 0.454 e. The van der Waals surface area contributed by atoms with E-state index in [0.717, 1.165) is 39.0 Å². The van der Waals surface area contributed by atoms with Gasteiger partial charge in [0.2, 0.25) is 0 Å². The van der Waals surface area contributed by atoms with Crippen LogP contribution < -0.4 is 4.90 Å². The molecule has 12 aromatic rings. The monoisotopic (exact) mass is 749 g/mol. The van der Waals surface area contributed by atoms with Gasteiger partial charge in [-0.05, 0) is 93.7 Å². The molecule has 56 heavy (non-hydrogen) atoms. The lowest BCUT2D eigenvalue weighted by Gasteiger charge is -2.26. The summed E-state index contributed by atoms with van der Waals surface area (Å²) in [4.78, 5) is 2.33. The zero-order valence-corrected chi connectivity index (χ0v) is 31.7. The van der Waals surface area contributed by atoms with Crippen molar-refractivity contribution >= 4 is 113 Å². The Labute approximate surface area is 330 Å². The van der Waals surface area contributed by atoms with Crippen LogP contribution in [0.4, 0.5) is 17.1 Å². The molecule has 9 aromatic carbocycles. The highest BCUT2D eigenvalue weighted by atomic mass is 32.1. The summed E-state index contributed by atoms with van der Waals surface area (Å²) >= 11 is 3.80. The smallest absolute Gasteiger partial charge is 0.159 e. The molecule has 0 bridgehead atoms. The number of anilines is 3. The van der Waals surface area contributed by atoms with E-state index in [0.29, 0.717) is 0 Å². The standard InChI is InChI=1S/C52H31NOS2/c1-2-10-35-31-36(20-19-32(35)9-1)33-21-25-37(26-22-33)53(44-15-7-14-42-40-11-3-5-16-45(40)54-51(42)44)38-27-23-34(24-28-38)39-13-8-18-47-49(39)50-48(55-47)30-29-43-41-12-4-6-17-46(41)56-52(43)50/h1-31H. The summed E-state index contributed by atoms with van der Waals surface area (Å²) in [6, 6.07) is 68.2. The zero-order valence-electron chi connectivity index (χ0n) is 30.1. The Morgan fingerprint density at radius 1 is 0.393 bits per heavy atom. The van der Waals surface area contributed by atoms with Gasteiger partial charge in [-0.2, -0.15) is 0 Å². The van der Waals surface area contributed by atoms with E-state index < -0.39 is 0 Å². The third-order valence-corrected chi connectivity index (χ3v) is 13.6. The van der Waals surface area contributed by atoms with Crippen LogP contribution >= 0.6 is 22.7 Å². The van der Waals surface area contributed by atoms with E-state index in [2.05, 4.69) is 187 Å². The van der Waals surface area contributed by atoms with Gasteiger partial charge in [-0.15, -0.1) is 22.7 Å². The molecule has 0 atom stereocenters. The third-order valence-electron chi connectivity index (χ3n) is 11.3. The second kappa shape index (κ2) is 12.4. The highest BCUT2D eigenvalue weighted by Crippen LogP contribution is 2.48. The molecule has 2 nitrogen and oxygen atoms in total. The molecule has 0 aliphatic carbocycles. The molecule has 0 aliphatic heterocycles. The Morgan fingerprint density at radius 2 is 1.05 bits per heavy atom. The normalized spacial score (nSPS) is 11.9. The molecule has 0 saturated heterocycles. The highest BCUT2D eigenvalue weighted by Gasteiger charge is 2.21. The summed E-state index contributed by atoms with van der Waals surface area (Å²) in [6.45, 7) is 0. The van der Waals surface area contributed by atoms with Crippen LogP contribution in [0.5, 0.6) is 0 Å². The summed E-state index contributed by atoms with van der Waals surface area (Å²) in [6.07, 6.45) is 0. The van der Waals surface area contributed by atoms with E-state index in [-0.39, 0.29) is 0 Å². The lowest BCUT2D eigenvalue weighted by atomic mass is 9.98. The Hall–Kier alpha value is -6.72. The van der Waals surface area contributed by atoms with Crippen molar-refractivity contribution in [2.75, 3.05) is 4.90 Å². The summed E-state index contributed by atoms with van der Waals surface area (Å²) in [5.74, 6) is 0. The number of hydrogen-bond donors (Lipinski definition) is 0. The number of hydrogen-bond acceptors (Lipinski definition) is 4. The van der Waals surface area contributed by atoms with E-state index in [1.807, 2.05) is 28.7 Å². The Bertz CT molecular complexity index is 3480. The van der Waals surface area contributed by atoms with Crippen molar-refractivity contribution in [3.8, 4) is 22.3 Å². The quantitative estimate of drug-likeness (QED) is 0.174. The van der Waals surface area contributed by atoms with Crippen LogP contribution in [0.1, 0.15) is 0 Å². The third kappa shape index (κ3) is 4.86. The van der Waals surface area contributed by atoms with Crippen molar-refractivity contribution in [2.45, 2.75) is 0 Å². The first kappa shape index (κ1) is 31.6. The molecule has 12 rings (SSSR count). The molecule has 0 fully saturated rings. The number of furan rings is 1. The topological polar surface area (TPSA) is 16.4 Å². The molecule has 262 valence electrons.